The fraction of sp³-hybridized carbons (Fsp3) is 0.333. The monoisotopic (exact) mass is 235 g/mol. The number of ether oxygens (including phenoxy) is 2. The zero-order valence-electron chi connectivity index (χ0n) is 9.49. The molecule has 0 bridgehead atoms. The van der Waals surface area contributed by atoms with Crippen LogP contribution in [0.15, 0.2) is 18.2 Å². The van der Waals surface area contributed by atoms with Gasteiger partial charge in [0.05, 0.1) is 6.42 Å². The minimum Gasteiger partial charge on any atom is -0.486 e. The van der Waals surface area contributed by atoms with Gasteiger partial charge in [0, 0.05) is 11.8 Å². The number of carbonyl (C=O) groups is 2. The molecule has 5 nitrogen and oxygen atoms in total. The van der Waals surface area contributed by atoms with Crippen molar-refractivity contribution in [2.75, 3.05) is 18.5 Å². The Labute approximate surface area is 98.7 Å². The summed E-state index contributed by atoms with van der Waals surface area (Å²) in [5.74, 6) is 0.784. The van der Waals surface area contributed by atoms with Crippen molar-refractivity contribution in [3.63, 3.8) is 0 Å². The highest BCUT2D eigenvalue weighted by Crippen LogP contribution is 2.32. The maximum atomic E-state index is 11.4. The van der Waals surface area contributed by atoms with Crippen molar-refractivity contribution in [2.24, 2.45) is 0 Å². The van der Waals surface area contributed by atoms with Crippen molar-refractivity contribution in [1.82, 2.24) is 0 Å². The molecule has 1 aromatic carbocycles. The number of benzene rings is 1. The molecule has 0 aliphatic carbocycles. The van der Waals surface area contributed by atoms with Crippen molar-refractivity contribution >= 4 is 17.4 Å². The number of carbonyl (C=O) groups excluding carboxylic acids is 2. The molecule has 0 saturated carbocycles. The van der Waals surface area contributed by atoms with Crippen LogP contribution in [-0.2, 0) is 9.59 Å². The van der Waals surface area contributed by atoms with Crippen LogP contribution in [0.3, 0.4) is 0 Å². The second kappa shape index (κ2) is 4.86. The van der Waals surface area contributed by atoms with Crippen molar-refractivity contribution < 1.29 is 19.1 Å². The first-order valence-corrected chi connectivity index (χ1v) is 5.34. The van der Waals surface area contributed by atoms with Gasteiger partial charge in [-0.3, -0.25) is 9.59 Å². The third-order valence-electron chi connectivity index (χ3n) is 2.24. The Hall–Kier alpha value is -2.04. The molecule has 2 rings (SSSR count). The van der Waals surface area contributed by atoms with E-state index in [0.717, 1.165) is 0 Å². The minimum atomic E-state index is -0.325. The van der Waals surface area contributed by atoms with Crippen LogP contribution in [0.1, 0.15) is 13.3 Å². The summed E-state index contributed by atoms with van der Waals surface area (Å²) < 4.78 is 10.7. The standard InChI is InChI=1S/C12H13NO4/c1-8(14)6-12(15)13-9-2-3-10-11(7-9)17-5-4-16-10/h2-3,7H,4-6H2,1H3,(H,13,15). The number of Topliss-reactive ketones (excluding diaryl/α,β-unsaturated/α-hetero) is 1. The molecule has 0 spiro atoms. The molecule has 0 unspecified atom stereocenters. The highest BCUT2D eigenvalue weighted by Gasteiger charge is 2.13. The highest BCUT2D eigenvalue weighted by atomic mass is 16.6. The van der Waals surface area contributed by atoms with Crippen LogP contribution in [0, 0.1) is 0 Å². The summed E-state index contributed by atoms with van der Waals surface area (Å²) in [5, 5.41) is 2.63. The van der Waals surface area contributed by atoms with Gasteiger partial charge in [-0.05, 0) is 19.1 Å². The number of ketones is 1. The molecule has 5 heteroatoms. The Bertz CT molecular complexity index is 456. The number of anilines is 1. The molecule has 1 amide bonds. The van der Waals surface area contributed by atoms with Crippen LogP contribution < -0.4 is 14.8 Å². The number of rotatable bonds is 3. The molecular weight excluding hydrogens is 222 g/mol. The van der Waals surface area contributed by atoms with Crippen LogP contribution >= 0.6 is 0 Å². The average molecular weight is 235 g/mol. The second-order valence-electron chi connectivity index (χ2n) is 3.79. The lowest BCUT2D eigenvalue weighted by Gasteiger charge is -2.18. The van der Waals surface area contributed by atoms with E-state index in [2.05, 4.69) is 5.32 Å². The number of amides is 1. The number of nitrogens with one attached hydrogen (secondary N) is 1. The van der Waals surface area contributed by atoms with E-state index in [1.807, 2.05) is 0 Å². The first kappa shape index (κ1) is 11.4. The number of hydrogen-bond donors (Lipinski definition) is 1. The van der Waals surface area contributed by atoms with Gasteiger partial charge in [-0.1, -0.05) is 0 Å². The molecule has 90 valence electrons. The van der Waals surface area contributed by atoms with Gasteiger partial charge in [-0.15, -0.1) is 0 Å². The summed E-state index contributed by atoms with van der Waals surface area (Å²) in [6.45, 7) is 2.41. The van der Waals surface area contributed by atoms with Gasteiger partial charge in [0.15, 0.2) is 11.5 Å². The Morgan fingerprint density at radius 3 is 2.65 bits per heavy atom. The summed E-state index contributed by atoms with van der Waals surface area (Å²) in [6.07, 6.45) is -0.117. The van der Waals surface area contributed by atoms with Gasteiger partial charge < -0.3 is 14.8 Å². The van der Waals surface area contributed by atoms with E-state index < -0.39 is 0 Å². The molecule has 1 aliphatic heterocycles. The smallest absolute Gasteiger partial charge is 0.231 e. The molecule has 1 aliphatic rings. The van der Waals surface area contributed by atoms with Gasteiger partial charge in [0.1, 0.15) is 19.0 Å². The normalized spacial score (nSPS) is 13.0. The van der Waals surface area contributed by atoms with Crippen molar-refractivity contribution in [2.45, 2.75) is 13.3 Å². The fourth-order valence-electron chi connectivity index (χ4n) is 1.55. The average Bonchev–Trinajstić information content (AvgIpc) is 2.27. The van der Waals surface area contributed by atoms with E-state index in [1.54, 1.807) is 18.2 Å². The molecular formula is C12H13NO4. The topological polar surface area (TPSA) is 64.6 Å². The summed E-state index contributed by atoms with van der Waals surface area (Å²) in [5.41, 5.74) is 0.598. The van der Waals surface area contributed by atoms with Crippen LogP contribution in [0.2, 0.25) is 0 Å². The summed E-state index contributed by atoms with van der Waals surface area (Å²) in [7, 11) is 0. The molecule has 17 heavy (non-hydrogen) atoms. The van der Waals surface area contributed by atoms with Gasteiger partial charge in [0.2, 0.25) is 5.91 Å². The zero-order valence-corrected chi connectivity index (χ0v) is 9.49. The van der Waals surface area contributed by atoms with Crippen LogP contribution in [0.4, 0.5) is 5.69 Å². The van der Waals surface area contributed by atoms with Crippen molar-refractivity contribution in [3.05, 3.63) is 18.2 Å². The second-order valence-corrected chi connectivity index (χ2v) is 3.79. The molecule has 1 heterocycles. The zero-order chi connectivity index (χ0) is 12.3. The van der Waals surface area contributed by atoms with Gasteiger partial charge in [-0.25, -0.2) is 0 Å². The minimum absolute atomic E-state index is 0.117. The van der Waals surface area contributed by atoms with Gasteiger partial charge in [0.25, 0.3) is 0 Å². The molecule has 0 fully saturated rings. The number of hydrogen-bond acceptors (Lipinski definition) is 4. The van der Waals surface area contributed by atoms with E-state index in [0.29, 0.717) is 30.4 Å². The quantitative estimate of drug-likeness (QED) is 0.804. The Balaban J connectivity index is 2.07. The van der Waals surface area contributed by atoms with Gasteiger partial charge in [-0.2, -0.15) is 0 Å². The molecule has 1 aromatic rings. The lowest BCUT2D eigenvalue weighted by molar-refractivity contribution is -0.124. The first-order chi connectivity index (χ1) is 8.15. The molecule has 0 atom stereocenters. The summed E-state index contributed by atoms with van der Waals surface area (Å²) >= 11 is 0. The highest BCUT2D eigenvalue weighted by molar-refractivity contribution is 6.03. The molecule has 1 N–H and O–H groups in total. The lowest BCUT2D eigenvalue weighted by Crippen LogP contribution is -2.17. The molecule has 0 saturated heterocycles. The van der Waals surface area contributed by atoms with Crippen LogP contribution in [0.5, 0.6) is 11.5 Å². The predicted molar refractivity (Wildman–Crippen MR) is 61.4 cm³/mol. The Morgan fingerprint density at radius 2 is 1.94 bits per heavy atom. The van der Waals surface area contributed by atoms with E-state index in [1.165, 1.54) is 6.92 Å². The maximum absolute atomic E-state index is 11.4. The third-order valence-corrected chi connectivity index (χ3v) is 2.24. The molecule has 0 aromatic heterocycles. The van der Waals surface area contributed by atoms with Crippen molar-refractivity contribution in [3.8, 4) is 11.5 Å². The Kier molecular flexibility index (Phi) is 3.27. The predicted octanol–water partition coefficient (Wildman–Crippen LogP) is 1.38. The summed E-state index contributed by atoms with van der Waals surface area (Å²) in [4.78, 5) is 22.2. The van der Waals surface area contributed by atoms with E-state index in [4.69, 9.17) is 9.47 Å². The Morgan fingerprint density at radius 1 is 1.24 bits per heavy atom. The van der Waals surface area contributed by atoms with Crippen molar-refractivity contribution in [1.29, 1.82) is 0 Å². The van der Waals surface area contributed by atoms with E-state index >= 15 is 0 Å². The number of fused-ring (bicyclic) bond motifs is 1. The molecule has 0 radical (unpaired) electrons. The van der Waals surface area contributed by atoms with Crippen LogP contribution in [0.25, 0.3) is 0 Å². The van der Waals surface area contributed by atoms with E-state index in [9.17, 15) is 9.59 Å². The fourth-order valence-corrected chi connectivity index (χ4v) is 1.55. The first-order valence-electron chi connectivity index (χ1n) is 5.34. The lowest BCUT2D eigenvalue weighted by atomic mass is 10.2. The van der Waals surface area contributed by atoms with Crippen LogP contribution in [-0.4, -0.2) is 24.9 Å². The third kappa shape index (κ3) is 2.96. The maximum Gasteiger partial charge on any atom is 0.231 e. The van der Waals surface area contributed by atoms with Gasteiger partial charge >= 0.3 is 0 Å². The SMILES string of the molecule is CC(=O)CC(=O)Nc1ccc2c(c1)OCCO2. The summed E-state index contributed by atoms with van der Waals surface area (Å²) in [6, 6.07) is 5.13. The van der Waals surface area contributed by atoms with E-state index in [-0.39, 0.29) is 18.1 Å². The largest absolute Gasteiger partial charge is 0.486 e.